The number of piperidine rings is 1. The van der Waals surface area contributed by atoms with Crippen LogP contribution in [0.15, 0.2) is 0 Å². The van der Waals surface area contributed by atoms with Gasteiger partial charge < -0.3 is 15.1 Å². The predicted octanol–water partition coefficient (Wildman–Crippen LogP) is 1.60. The fourth-order valence-corrected chi connectivity index (χ4v) is 3.28. The van der Waals surface area contributed by atoms with Crippen molar-refractivity contribution in [3.8, 4) is 0 Å². The van der Waals surface area contributed by atoms with E-state index >= 15 is 0 Å². The van der Waals surface area contributed by atoms with Gasteiger partial charge in [0.1, 0.15) is 0 Å². The van der Waals surface area contributed by atoms with Crippen molar-refractivity contribution in [1.82, 2.24) is 20.0 Å². The summed E-state index contributed by atoms with van der Waals surface area (Å²) in [6.07, 6.45) is 3.92. The molecule has 2 aliphatic rings. The van der Waals surface area contributed by atoms with Crippen LogP contribution in [0.5, 0.6) is 0 Å². The van der Waals surface area contributed by atoms with Crippen molar-refractivity contribution in [3.63, 3.8) is 0 Å². The van der Waals surface area contributed by atoms with Crippen LogP contribution in [0.3, 0.4) is 0 Å². The second kappa shape index (κ2) is 7.45. The molecule has 1 N–H and O–H groups in total. The van der Waals surface area contributed by atoms with E-state index in [0.717, 1.165) is 52.4 Å². The monoisotopic (exact) mass is 296 g/mol. The number of carbonyl (C=O) groups is 1. The Morgan fingerprint density at radius 2 is 1.62 bits per heavy atom. The Bertz CT molecular complexity index is 331. The van der Waals surface area contributed by atoms with Gasteiger partial charge in [-0.05, 0) is 46.3 Å². The third-order valence-corrected chi connectivity index (χ3v) is 4.99. The van der Waals surface area contributed by atoms with E-state index in [2.05, 4.69) is 35.9 Å². The number of likely N-dealkylation sites (tertiary alicyclic amines) is 1. The van der Waals surface area contributed by atoms with Crippen LogP contribution in [0.2, 0.25) is 0 Å². The third-order valence-electron chi connectivity index (χ3n) is 4.99. The Morgan fingerprint density at radius 3 is 2.19 bits per heavy atom. The largest absolute Gasteiger partial charge is 0.336 e. The van der Waals surface area contributed by atoms with E-state index in [1.807, 2.05) is 4.90 Å². The number of piperazine rings is 1. The fourth-order valence-electron chi connectivity index (χ4n) is 3.28. The number of urea groups is 1. The summed E-state index contributed by atoms with van der Waals surface area (Å²) in [5, 5.41) is 3.15. The van der Waals surface area contributed by atoms with Gasteiger partial charge in [0, 0.05) is 38.3 Å². The molecule has 21 heavy (non-hydrogen) atoms. The highest BCUT2D eigenvalue weighted by molar-refractivity contribution is 5.74. The molecule has 0 aromatic carbocycles. The molecular formula is C16H32N4O. The molecule has 2 saturated heterocycles. The number of carbonyl (C=O) groups excluding carboxylic acids is 1. The topological polar surface area (TPSA) is 38.8 Å². The smallest absolute Gasteiger partial charge is 0.317 e. The van der Waals surface area contributed by atoms with Gasteiger partial charge in [-0.2, -0.15) is 0 Å². The zero-order valence-electron chi connectivity index (χ0n) is 14.0. The van der Waals surface area contributed by atoms with Crippen molar-refractivity contribution in [2.75, 3.05) is 52.4 Å². The molecule has 2 fully saturated rings. The number of likely N-dealkylation sites (N-methyl/N-ethyl adjacent to an activating group) is 1. The molecule has 0 bridgehead atoms. The van der Waals surface area contributed by atoms with Gasteiger partial charge in [0.2, 0.25) is 0 Å². The van der Waals surface area contributed by atoms with Crippen molar-refractivity contribution in [2.45, 2.75) is 45.6 Å². The SMILES string of the molecule is CCN1CCN(C(=O)NCC(C)(C)N2CCCCC2)CC1. The predicted molar refractivity (Wildman–Crippen MR) is 86.6 cm³/mol. The van der Waals surface area contributed by atoms with Gasteiger partial charge in [-0.3, -0.25) is 4.90 Å². The Morgan fingerprint density at radius 1 is 1.00 bits per heavy atom. The summed E-state index contributed by atoms with van der Waals surface area (Å²) in [4.78, 5) is 19.2. The molecule has 5 nitrogen and oxygen atoms in total. The van der Waals surface area contributed by atoms with Crippen LogP contribution >= 0.6 is 0 Å². The van der Waals surface area contributed by atoms with Crippen LogP contribution in [0.1, 0.15) is 40.0 Å². The van der Waals surface area contributed by atoms with Crippen LogP contribution in [-0.2, 0) is 0 Å². The minimum Gasteiger partial charge on any atom is -0.336 e. The Hall–Kier alpha value is -0.810. The van der Waals surface area contributed by atoms with Crippen LogP contribution in [0, 0.1) is 0 Å². The molecule has 2 aliphatic heterocycles. The number of hydrogen-bond donors (Lipinski definition) is 1. The van der Waals surface area contributed by atoms with Gasteiger partial charge in [0.05, 0.1) is 0 Å². The molecule has 0 spiro atoms. The van der Waals surface area contributed by atoms with Gasteiger partial charge in [-0.1, -0.05) is 13.3 Å². The molecule has 0 saturated carbocycles. The molecule has 0 aromatic heterocycles. The highest BCUT2D eigenvalue weighted by atomic mass is 16.2. The second-order valence-corrected chi connectivity index (χ2v) is 6.94. The summed E-state index contributed by atoms with van der Waals surface area (Å²) in [7, 11) is 0. The second-order valence-electron chi connectivity index (χ2n) is 6.94. The zero-order chi connectivity index (χ0) is 15.3. The molecular weight excluding hydrogens is 264 g/mol. The summed E-state index contributed by atoms with van der Waals surface area (Å²) in [5.41, 5.74) is 0.0569. The number of amides is 2. The van der Waals surface area contributed by atoms with Crippen LogP contribution in [0.25, 0.3) is 0 Å². The minimum atomic E-state index is 0.0569. The van der Waals surface area contributed by atoms with Crippen LogP contribution in [0.4, 0.5) is 4.79 Å². The maximum atomic E-state index is 12.3. The normalized spacial score (nSPS) is 22.3. The summed E-state index contributed by atoms with van der Waals surface area (Å²) < 4.78 is 0. The lowest BCUT2D eigenvalue weighted by atomic mass is 9.98. The first-order valence-corrected chi connectivity index (χ1v) is 8.53. The molecule has 0 unspecified atom stereocenters. The van der Waals surface area contributed by atoms with Crippen molar-refractivity contribution < 1.29 is 4.79 Å². The number of hydrogen-bond acceptors (Lipinski definition) is 3. The summed E-state index contributed by atoms with van der Waals surface area (Å²) >= 11 is 0. The van der Waals surface area contributed by atoms with Gasteiger partial charge in [-0.25, -0.2) is 4.79 Å². The number of nitrogens with one attached hydrogen (secondary N) is 1. The van der Waals surface area contributed by atoms with E-state index < -0.39 is 0 Å². The Kier molecular flexibility index (Phi) is 5.88. The molecule has 122 valence electrons. The van der Waals surface area contributed by atoms with Gasteiger partial charge in [0.15, 0.2) is 0 Å². The molecule has 0 aromatic rings. The highest BCUT2D eigenvalue weighted by Crippen LogP contribution is 2.19. The summed E-state index contributed by atoms with van der Waals surface area (Å²) in [6.45, 7) is 14.5. The maximum Gasteiger partial charge on any atom is 0.317 e. The molecule has 0 radical (unpaired) electrons. The van der Waals surface area contributed by atoms with Crippen molar-refractivity contribution >= 4 is 6.03 Å². The third kappa shape index (κ3) is 4.58. The number of nitrogens with zero attached hydrogens (tertiary/aromatic N) is 3. The summed E-state index contributed by atoms with van der Waals surface area (Å²) in [6, 6.07) is 0.107. The molecule has 0 atom stereocenters. The zero-order valence-corrected chi connectivity index (χ0v) is 14.0. The van der Waals surface area contributed by atoms with E-state index in [9.17, 15) is 4.79 Å². The van der Waals surface area contributed by atoms with Crippen LogP contribution < -0.4 is 5.32 Å². The van der Waals surface area contributed by atoms with Crippen LogP contribution in [-0.4, -0.2) is 78.6 Å². The van der Waals surface area contributed by atoms with Crippen molar-refractivity contribution in [2.24, 2.45) is 0 Å². The van der Waals surface area contributed by atoms with E-state index in [-0.39, 0.29) is 11.6 Å². The van der Waals surface area contributed by atoms with E-state index in [1.54, 1.807) is 0 Å². The first-order valence-electron chi connectivity index (χ1n) is 8.53. The standard InChI is InChI=1S/C16H32N4O/c1-4-18-10-12-19(13-11-18)15(21)17-14-16(2,3)20-8-6-5-7-9-20/h4-14H2,1-3H3,(H,17,21). The molecule has 2 rings (SSSR count). The average Bonchev–Trinajstić information content (AvgIpc) is 2.53. The lowest BCUT2D eigenvalue weighted by Crippen LogP contribution is -2.57. The van der Waals surface area contributed by atoms with E-state index in [4.69, 9.17) is 0 Å². The van der Waals surface area contributed by atoms with Gasteiger partial charge in [0.25, 0.3) is 0 Å². The van der Waals surface area contributed by atoms with Gasteiger partial charge >= 0.3 is 6.03 Å². The Labute approximate surface area is 129 Å². The first-order chi connectivity index (χ1) is 10.0. The molecule has 0 aliphatic carbocycles. The quantitative estimate of drug-likeness (QED) is 0.856. The van der Waals surface area contributed by atoms with Crippen molar-refractivity contribution in [3.05, 3.63) is 0 Å². The number of rotatable bonds is 4. The van der Waals surface area contributed by atoms with Crippen molar-refractivity contribution in [1.29, 1.82) is 0 Å². The molecule has 2 amide bonds. The lowest BCUT2D eigenvalue weighted by molar-refractivity contribution is 0.0913. The van der Waals surface area contributed by atoms with E-state index in [0.29, 0.717) is 0 Å². The fraction of sp³-hybridized carbons (Fsp3) is 0.938. The minimum absolute atomic E-state index is 0.0569. The highest BCUT2D eigenvalue weighted by Gasteiger charge is 2.29. The molecule has 2 heterocycles. The van der Waals surface area contributed by atoms with E-state index in [1.165, 1.54) is 19.3 Å². The Balaban J connectivity index is 1.75. The molecule has 5 heteroatoms. The lowest BCUT2D eigenvalue weighted by Gasteiger charge is -2.41. The average molecular weight is 296 g/mol. The van der Waals surface area contributed by atoms with Gasteiger partial charge in [-0.15, -0.1) is 0 Å². The summed E-state index contributed by atoms with van der Waals surface area (Å²) in [5.74, 6) is 0. The maximum absolute atomic E-state index is 12.3. The first kappa shape index (κ1) is 16.6.